The summed E-state index contributed by atoms with van der Waals surface area (Å²) < 4.78 is 4.92. The molecule has 0 radical (unpaired) electrons. The lowest BCUT2D eigenvalue weighted by molar-refractivity contribution is -0.349. The molecule has 0 bridgehead atoms. The van der Waals surface area contributed by atoms with E-state index in [-0.39, 0.29) is 12.2 Å². The van der Waals surface area contributed by atoms with E-state index in [9.17, 15) is 25.2 Å². The van der Waals surface area contributed by atoms with Crippen molar-refractivity contribution in [2.75, 3.05) is 0 Å². The van der Waals surface area contributed by atoms with E-state index in [1.165, 1.54) is 24.3 Å². The van der Waals surface area contributed by atoms with Gasteiger partial charge in [0.15, 0.2) is 6.10 Å². The zero-order chi connectivity index (χ0) is 15.8. The fourth-order valence-electron chi connectivity index (χ4n) is 2.21. The van der Waals surface area contributed by atoms with Gasteiger partial charge in [-0.05, 0) is 5.56 Å². The molecule has 1 aromatic rings. The molecule has 1 aliphatic rings. The van der Waals surface area contributed by atoms with Gasteiger partial charge in [-0.1, -0.05) is 24.3 Å². The van der Waals surface area contributed by atoms with Crippen molar-refractivity contribution in [2.45, 2.75) is 36.8 Å². The Morgan fingerprint density at radius 1 is 1.14 bits per heavy atom. The molecule has 8 nitrogen and oxygen atoms in total. The molecule has 1 fully saturated rings. The van der Waals surface area contributed by atoms with E-state index in [1.54, 1.807) is 0 Å². The minimum Gasteiger partial charge on any atom is -0.479 e. The summed E-state index contributed by atoms with van der Waals surface area (Å²) in [4.78, 5) is 11.0. The van der Waals surface area contributed by atoms with Crippen LogP contribution in [-0.4, -0.2) is 61.0 Å². The average molecular weight is 300 g/mol. The molecule has 0 amide bonds. The molecule has 116 valence electrons. The number of ether oxygens (including phenoxy) is 1. The van der Waals surface area contributed by atoms with E-state index in [4.69, 9.17) is 14.9 Å². The van der Waals surface area contributed by atoms with Crippen LogP contribution in [0.3, 0.4) is 0 Å². The fourth-order valence-corrected chi connectivity index (χ4v) is 2.21. The van der Waals surface area contributed by atoms with Crippen LogP contribution in [0.25, 0.3) is 0 Å². The topological polar surface area (TPSA) is 148 Å². The van der Waals surface area contributed by atoms with Crippen molar-refractivity contribution in [3.8, 4) is 0 Å². The van der Waals surface area contributed by atoms with E-state index in [1.807, 2.05) is 0 Å². The summed E-state index contributed by atoms with van der Waals surface area (Å²) in [7, 11) is 0. The monoisotopic (exact) mass is 300 g/mol. The lowest BCUT2D eigenvalue weighted by Gasteiger charge is -2.44. The summed E-state index contributed by atoms with van der Waals surface area (Å²) in [5.74, 6) is -4.07. The summed E-state index contributed by atoms with van der Waals surface area (Å²) in [5.41, 5.74) is 0.521. The highest BCUT2D eigenvalue weighted by Crippen LogP contribution is 2.36. The maximum Gasteiger partial charge on any atom is 0.335 e. The van der Waals surface area contributed by atoms with Crippen LogP contribution in [0.4, 0.5) is 0 Å². The molecule has 8 heteroatoms. The van der Waals surface area contributed by atoms with Crippen LogP contribution in [0.1, 0.15) is 11.1 Å². The van der Waals surface area contributed by atoms with Crippen LogP contribution in [0, 0.1) is 0 Å². The fraction of sp³-hybridized carbons (Fsp3) is 0.462. The van der Waals surface area contributed by atoms with E-state index in [0.717, 1.165) is 0 Å². The number of carboxylic acids is 1. The number of hydrogen-bond acceptors (Lipinski definition) is 7. The van der Waals surface area contributed by atoms with Crippen molar-refractivity contribution in [3.63, 3.8) is 0 Å². The standard InChI is InChI=1S/C13H16O8/c14-5-6-1-3-7(4-2-6)13(20)11(17)9(16)8(15)10(21-13)12(18)19/h1-4,8-11,14-17,20H,5H2,(H,18,19)/t8-,9-,10-,11+,13+/m0/s1. The highest BCUT2D eigenvalue weighted by atomic mass is 16.7. The lowest BCUT2D eigenvalue weighted by atomic mass is 9.88. The first-order chi connectivity index (χ1) is 9.81. The first-order valence-electron chi connectivity index (χ1n) is 6.18. The van der Waals surface area contributed by atoms with Gasteiger partial charge < -0.3 is 35.4 Å². The van der Waals surface area contributed by atoms with Crippen LogP contribution >= 0.6 is 0 Å². The van der Waals surface area contributed by atoms with Gasteiger partial charge in [-0.3, -0.25) is 0 Å². The second-order valence-corrected chi connectivity index (χ2v) is 4.85. The summed E-state index contributed by atoms with van der Waals surface area (Å²) in [6.07, 6.45) is -7.62. The highest BCUT2D eigenvalue weighted by molar-refractivity contribution is 5.73. The Hall–Kier alpha value is -1.55. The lowest BCUT2D eigenvalue weighted by Crippen LogP contribution is -2.64. The average Bonchev–Trinajstić information content (AvgIpc) is 2.48. The normalized spacial score (nSPS) is 36.4. The van der Waals surface area contributed by atoms with Gasteiger partial charge in [-0.15, -0.1) is 0 Å². The predicted octanol–water partition coefficient (Wildman–Crippen LogP) is -2.11. The Bertz CT molecular complexity index is 515. The van der Waals surface area contributed by atoms with Crippen molar-refractivity contribution in [3.05, 3.63) is 35.4 Å². The van der Waals surface area contributed by atoms with E-state index >= 15 is 0 Å². The maximum atomic E-state index is 11.0. The van der Waals surface area contributed by atoms with Crippen LogP contribution in [0.2, 0.25) is 0 Å². The maximum absolute atomic E-state index is 11.0. The highest BCUT2D eigenvalue weighted by Gasteiger charge is 2.55. The molecule has 2 rings (SSSR count). The summed E-state index contributed by atoms with van der Waals surface area (Å²) >= 11 is 0. The van der Waals surface area contributed by atoms with Crippen molar-refractivity contribution in [1.29, 1.82) is 0 Å². The van der Waals surface area contributed by atoms with E-state index in [0.29, 0.717) is 5.56 Å². The summed E-state index contributed by atoms with van der Waals surface area (Å²) in [6.45, 7) is -0.235. The molecular weight excluding hydrogens is 284 g/mol. The molecule has 6 N–H and O–H groups in total. The number of rotatable bonds is 3. The summed E-state index contributed by atoms with van der Waals surface area (Å²) in [6, 6.07) is 5.52. The third-order valence-corrected chi connectivity index (χ3v) is 3.48. The Morgan fingerprint density at radius 3 is 2.19 bits per heavy atom. The number of carbonyl (C=O) groups is 1. The number of aliphatic hydroxyl groups is 5. The molecular formula is C13H16O8. The third kappa shape index (κ3) is 2.64. The Morgan fingerprint density at radius 2 is 1.71 bits per heavy atom. The van der Waals surface area contributed by atoms with Gasteiger partial charge in [0.2, 0.25) is 5.79 Å². The molecule has 0 spiro atoms. The number of aliphatic carboxylic acids is 1. The predicted molar refractivity (Wildman–Crippen MR) is 66.8 cm³/mol. The van der Waals surface area contributed by atoms with Crippen LogP contribution in [0.5, 0.6) is 0 Å². The second-order valence-electron chi connectivity index (χ2n) is 4.85. The first kappa shape index (κ1) is 15.8. The van der Waals surface area contributed by atoms with E-state index < -0.39 is 36.2 Å². The quantitative estimate of drug-likeness (QED) is 0.371. The number of aliphatic hydroxyl groups excluding tert-OH is 4. The van der Waals surface area contributed by atoms with E-state index in [2.05, 4.69) is 0 Å². The van der Waals surface area contributed by atoms with Crippen molar-refractivity contribution < 1.29 is 40.2 Å². The molecule has 0 unspecified atom stereocenters. The van der Waals surface area contributed by atoms with Crippen molar-refractivity contribution >= 4 is 5.97 Å². The van der Waals surface area contributed by atoms with Gasteiger partial charge in [0.25, 0.3) is 0 Å². The summed E-state index contributed by atoms with van der Waals surface area (Å²) in [5, 5.41) is 57.5. The zero-order valence-corrected chi connectivity index (χ0v) is 10.8. The Labute approximate surface area is 119 Å². The first-order valence-corrected chi connectivity index (χ1v) is 6.18. The minimum atomic E-state index is -2.49. The second kappa shape index (κ2) is 5.68. The molecule has 1 saturated heterocycles. The minimum absolute atomic E-state index is 0.00981. The van der Waals surface area contributed by atoms with Gasteiger partial charge >= 0.3 is 5.97 Å². The molecule has 1 aliphatic heterocycles. The van der Waals surface area contributed by atoms with Crippen LogP contribution in [-0.2, 0) is 21.9 Å². The van der Waals surface area contributed by atoms with Gasteiger partial charge in [0, 0.05) is 5.56 Å². The SMILES string of the molecule is O=C(O)[C@H]1O[C@](O)(c2ccc(CO)cc2)[C@H](O)[C@@H](O)[C@@H]1O. The molecule has 1 aromatic carbocycles. The smallest absolute Gasteiger partial charge is 0.335 e. The number of hydrogen-bond donors (Lipinski definition) is 6. The molecule has 0 saturated carbocycles. The molecule has 0 aliphatic carbocycles. The van der Waals surface area contributed by atoms with Crippen molar-refractivity contribution in [1.82, 2.24) is 0 Å². The molecule has 5 atom stereocenters. The Kier molecular flexibility index (Phi) is 4.28. The number of benzene rings is 1. The number of carboxylic acid groups (broad SMARTS) is 1. The van der Waals surface area contributed by atoms with Crippen LogP contribution in [0.15, 0.2) is 24.3 Å². The molecule has 0 aromatic heterocycles. The van der Waals surface area contributed by atoms with Crippen molar-refractivity contribution in [2.24, 2.45) is 0 Å². The largest absolute Gasteiger partial charge is 0.479 e. The zero-order valence-electron chi connectivity index (χ0n) is 10.8. The van der Waals surface area contributed by atoms with Gasteiger partial charge in [0.05, 0.1) is 6.61 Å². The molecule has 1 heterocycles. The van der Waals surface area contributed by atoms with Crippen LogP contribution < -0.4 is 0 Å². The van der Waals surface area contributed by atoms with Gasteiger partial charge in [-0.2, -0.15) is 0 Å². The third-order valence-electron chi connectivity index (χ3n) is 3.48. The Balaban J connectivity index is 2.39. The molecule has 21 heavy (non-hydrogen) atoms. The van der Waals surface area contributed by atoms with Gasteiger partial charge in [-0.25, -0.2) is 4.79 Å². The van der Waals surface area contributed by atoms with Gasteiger partial charge in [0.1, 0.15) is 18.3 Å².